The van der Waals surface area contributed by atoms with Crippen molar-refractivity contribution in [3.8, 4) is 0 Å². The molecular formula is C11H17NS. The molecule has 0 saturated heterocycles. The molecule has 72 valence electrons. The van der Waals surface area contributed by atoms with Gasteiger partial charge in [0.1, 0.15) is 0 Å². The number of aryl methyl sites for hydroxylation is 1. The third-order valence-corrected chi connectivity index (χ3v) is 3.27. The first-order valence-corrected chi connectivity index (χ1v) is 5.60. The molecule has 2 heteroatoms. The Kier molecular flexibility index (Phi) is 4.19. The highest BCUT2D eigenvalue weighted by atomic mass is 32.1. The van der Waals surface area contributed by atoms with Crippen LogP contribution >= 0.6 is 11.3 Å². The van der Waals surface area contributed by atoms with Crippen LogP contribution in [0.4, 0.5) is 0 Å². The minimum atomic E-state index is 0.676. The molecule has 2 N–H and O–H groups in total. The Bertz CT molecular complexity index is 280. The van der Waals surface area contributed by atoms with E-state index >= 15 is 0 Å². The summed E-state index contributed by atoms with van der Waals surface area (Å²) in [6.07, 6.45) is 4.39. The summed E-state index contributed by atoms with van der Waals surface area (Å²) in [5, 5.41) is 0. The fraction of sp³-hybridized carbons (Fsp3) is 0.455. The third-order valence-electron chi connectivity index (χ3n) is 2.09. The van der Waals surface area contributed by atoms with Gasteiger partial charge in [0.15, 0.2) is 0 Å². The van der Waals surface area contributed by atoms with Gasteiger partial charge >= 0.3 is 0 Å². The smallest absolute Gasteiger partial charge is 0.0273 e. The lowest BCUT2D eigenvalue weighted by Crippen LogP contribution is -2.01. The Morgan fingerprint density at radius 1 is 1.46 bits per heavy atom. The maximum atomic E-state index is 5.61. The Morgan fingerprint density at radius 3 is 2.69 bits per heavy atom. The topological polar surface area (TPSA) is 26.0 Å². The first-order valence-electron chi connectivity index (χ1n) is 4.78. The zero-order valence-corrected chi connectivity index (χ0v) is 9.16. The number of hydrogen-bond donors (Lipinski definition) is 1. The van der Waals surface area contributed by atoms with E-state index in [0.29, 0.717) is 6.54 Å². The predicted octanol–water partition coefficient (Wildman–Crippen LogP) is 3.06. The van der Waals surface area contributed by atoms with Gasteiger partial charge in [0.05, 0.1) is 0 Å². The van der Waals surface area contributed by atoms with E-state index in [-0.39, 0.29) is 0 Å². The molecule has 0 saturated carbocycles. The fourth-order valence-electron chi connectivity index (χ4n) is 1.17. The van der Waals surface area contributed by atoms with Crippen LogP contribution < -0.4 is 5.73 Å². The van der Waals surface area contributed by atoms with E-state index in [1.807, 2.05) is 11.3 Å². The lowest BCUT2D eigenvalue weighted by atomic mass is 10.2. The van der Waals surface area contributed by atoms with Gasteiger partial charge in [-0.3, -0.25) is 0 Å². The summed E-state index contributed by atoms with van der Waals surface area (Å²) in [4.78, 5) is 2.78. The van der Waals surface area contributed by atoms with Gasteiger partial charge in [-0.15, -0.1) is 11.3 Å². The van der Waals surface area contributed by atoms with Crippen LogP contribution in [0, 0.1) is 0 Å². The standard InChI is InChI=1S/C11H17NS/c1-3-9(8-12)7-11-6-5-10(4-2)13-11/h5-7H,3-4,8,12H2,1-2H3. The molecule has 0 aliphatic rings. The maximum absolute atomic E-state index is 5.61. The zero-order chi connectivity index (χ0) is 9.68. The van der Waals surface area contributed by atoms with Crippen LogP contribution in [0.2, 0.25) is 0 Å². The first kappa shape index (κ1) is 10.5. The first-order chi connectivity index (χ1) is 6.30. The van der Waals surface area contributed by atoms with E-state index in [1.54, 1.807) is 0 Å². The second kappa shape index (κ2) is 5.20. The second-order valence-corrected chi connectivity index (χ2v) is 4.22. The summed E-state index contributed by atoms with van der Waals surface area (Å²) < 4.78 is 0. The Morgan fingerprint density at radius 2 is 2.23 bits per heavy atom. The van der Waals surface area contributed by atoms with Crippen LogP contribution in [0.15, 0.2) is 17.7 Å². The van der Waals surface area contributed by atoms with Crippen molar-refractivity contribution in [1.29, 1.82) is 0 Å². The fourth-order valence-corrected chi connectivity index (χ4v) is 2.11. The van der Waals surface area contributed by atoms with Crippen LogP contribution in [-0.2, 0) is 6.42 Å². The molecule has 0 aliphatic heterocycles. The number of thiophene rings is 1. The van der Waals surface area contributed by atoms with Crippen LogP contribution in [-0.4, -0.2) is 6.54 Å². The maximum Gasteiger partial charge on any atom is 0.0273 e. The molecule has 0 unspecified atom stereocenters. The molecule has 0 fully saturated rings. The van der Waals surface area contributed by atoms with Gasteiger partial charge in [-0.2, -0.15) is 0 Å². The molecule has 0 bridgehead atoms. The molecule has 0 aromatic carbocycles. The van der Waals surface area contributed by atoms with Crippen LogP contribution in [0.25, 0.3) is 6.08 Å². The molecule has 13 heavy (non-hydrogen) atoms. The van der Waals surface area contributed by atoms with Crippen LogP contribution in [0.1, 0.15) is 30.0 Å². The minimum Gasteiger partial charge on any atom is -0.327 e. The average molecular weight is 195 g/mol. The monoisotopic (exact) mass is 195 g/mol. The minimum absolute atomic E-state index is 0.676. The molecule has 1 rings (SSSR count). The van der Waals surface area contributed by atoms with E-state index < -0.39 is 0 Å². The summed E-state index contributed by atoms with van der Waals surface area (Å²) in [6.45, 7) is 5.01. The van der Waals surface area contributed by atoms with Crippen molar-refractivity contribution in [2.75, 3.05) is 6.54 Å². The largest absolute Gasteiger partial charge is 0.327 e. The van der Waals surface area contributed by atoms with Gasteiger partial charge in [0.25, 0.3) is 0 Å². The Labute approximate surface area is 84.3 Å². The molecule has 0 spiro atoms. The van der Waals surface area contributed by atoms with Gasteiger partial charge in [0, 0.05) is 16.3 Å². The molecule has 1 nitrogen and oxygen atoms in total. The quantitative estimate of drug-likeness (QED) is 0.785. The van der Waals surface area contributed by atoms with Crippen molar-refractivity contribution >= 4 is 17.4 Å². The molecule has 0 radical (unpaired) electrons. The molecule has 1 heterocycles. The molecule has 0 amide bonds. The van der Waals surface area contributed by atoms with E-state index in [0.717, 1.165) is 12.8 Å². The van der Waals surface area contributed by atoms with Crippen molar-refractivity contribution in [2.45, 2.75) is 26.7 Å². The summed E-state index contributed by atoms with van der Waals surface area (Å²) in [6, 6.07) is 4.37. The van der Waals surface area contributed by atoms with Gasteiger partial charge in [0.2, 0.25) is 0 Å². The second-order valence-electron chi connectivity index (χ2n) is 3.02. The van der Waals surface area contributed by atoms with Crippen LogP contribution in [0.3, 0.4) is 0 Å². The lowest BCUT2D eigenvalue weighted by molar-refractivity contribution is 1.02. The highest BCUT2D eigenvalue weighted by molar-refractivity contribution is 7.12. The van der Waals surface area contributed by atoms with Crippen LogP contribution in [0.5, 0.6) is 0 Å². The molecule has 0 atom stereocenters. The van der Waals surface area contributed by atoms with Gasteiger partial charge in [-0.05, 0) is 31.1 Å². The van der Waals surface area contributed by atoms with E-state index in [1.165, 1.54) is 15.3 Å². The van der Waals surface area contributed by atoms with Crippen molar-refractivity contribution in [3.63, 3.8) is 0 Å². The summed E-state index contributed by atoms with van der Waals surface area (Å²) >= 11 is 1.86. The van der Waals surface area contributed by atoms with E-state index in [4.69, 9.17) is 5.73 Å². The molecule has 1 aromatic heterocycles. The Hall–Kier alpha value is -0.600. The molecule has 1 aromatic rings. The average Bonchev–Trinajstić information content (AvgIpc) is 2.61. The summed E-state index contributed by atoms with van der Waals surface area (Å²) in [7, 11) is 0. The number of hydrogen-bond acceptors (Lipinski definition) is 2. The van der Waals surface area contributed by atoms with Gasteiger partial charge in [-0.25, -0.2) is 0 Å². The van der Waals surface area contributed by atoms with Crippen molar-refractivity contribution in [1.82, 2.24) is 0 Å². The normalized spacial score (nSPS) is 12.1. The Balaban J connectivity index is 2.77. The van der Waals surface area contributed by atoms with E-state index in [2.05, 4.69) is 32.1 Å². The predicted molar refractivity (Wildman–Crippen MR) is 61.0 cm³/mol. The lowest BCUT2D eigenvalue weighted by Gasteiger charge is -1.97. The molecule has 0 aliphatic carbocycles. The summed E-state index contributed by atoms with van der Waals surface area (Å²) in [5.41, 5.74) is 6.93. The SMILES string of the molecule is CCC(=Cc1ccc(CC)s1)CN. The number of rotatable bonds is 4. The summed E-state index contributed by atoms with van der Waals surface area (Å²) in [5.74, 6) is 0. The third kappa shape index (κ3) is 2.98. The zero-order valence-electron chi connectivity index (χ0n) is 8.34. The van der Waals surface area contributed by atoms with Crippen molar-refractivity contribution in [3.05, 3.63) is 27.5 Å². The van der Waals surface area contributed by atoms with Crippen molar-refractivity contribution in [2.24, 2.45) is 5.73 Å². The number of nitrogens with two attached hydrogens (primary N) is 1. The highest BCUT2D eigenvalue weighted by Crippen LogP contribution is 2.20. The van der Waals surface area contributed by atoms with Crippen molar-refractivity contribution < 1.29 is 0 Å². The van der Waals surface area contributed by atoms with Gasteiger partial charge in [-0.1, -0.05) is 19.4 Å². The molecular weight excluding hydrogens is 178 g/mol. The highest BCUT2D eigenvalue weighted by Gasteiger charge is 1.96. The van der Waals surface area contributed by atoms with E-state index in [9.17, 15) is 0 Å². The van der Waals surface area contributed by atoms with Gasteiger partial charge < -0.3 is 5.73 Å².